The second kappa shape index (κ2) is 12.3. The molecule has 0 saturated heterocycles. The molecule has 2 aliphatic carbocycles. The number of benzene rings is 5. The van der Waals surface area contributed by atoms with Gasteiger partial charge in [-0.2, -0.15) is 10.5 Å². The van der Waals surface area contributed by atoms with E-state index in [4.69, 9.17) is 0 Å². The lowest BCUT2D eigenvalue weighted by Crippen LogP contribution is -2.42. The van der Waals surface area contributed by atoms with Gasteiger partial charge in [-0.3, -0.25) is 0 Å². The predicted octanol–water partition coefficient (Wildman–Crippen LogP) is 9.96. The molecule has 0 spiro atoms. The number of hydrogen-bond donors (Lipinski definition) is 0. The number of anilines is 2. The monoisotopic (exact) mass is 642 g/mol. The Morgan fingerprint density at radius 3 is 2.08 bits per heavy atom. The molecule has 50 heavy (non-hydrogen) atoms. The summed E-state index contributed by atoms with van der Waals surface area (Å²) >= 11 is 0. The first-order valence-corrected chi connectivity index (χ1v) is 17.3. The Hall–Kier alpha value is -6.36. The molecule has 9 rings (SSSR count). The highest BCUT2D eigenvalue weighted by Gasteiger charge is 2.36. The van der Waals surface area contributed by atoms with Gasteiger partial charge in [0.1, 0.15) is 12.1 Å². The minimum absolute atomic E-state index is 0.226. The van der Waals surface area contributed by atoms with Crippen molar-refractivity contribution < 1.29 is 0 Å². The van der Waals surface area contributed by atoms with Crippen LogP contribution in [0.2, 0.25) is 0 Å². The average Bonchev–Trinajstić information content (AvgIpc) is 3.50. The molecule has 5 aromatic rings. The summed E-state index contributed by atoms with van der Waals surface area (Å²) in [4.78, 5) is 4.95. The lowest BCUT2D eigenvalue weighted by molar-refractivity contribution is 0.583. The summed E-state index contributed by atoms with van der Waals surface area (Å²) in [7, 11) is 0. The van der Waals surface area contributed by atoms with Gasteiger partial charge in [-0.1, -0.05) is 127 Å². The van der Waals surface area contributed by atoms with Crippen LogP contribution < -0.4 is 9.80 Å². The molecule has 2 heterocycles. The Labute approximate surface area is 293 Å². The van der Waals surface area contributed by atoms with Gasteiger partial charge in [0.05, 0.1) is 23.2 Å². The van der Waals surface area contributed by atoms with E-state index in [1.54, 1.807) is 0 Å². The summed E-state index contributed by atoms with van der Waals surface area (Å²) < 4.78 is 0. The fraction of sp³-hybridized carbons (Fsp3) is 0.130. The van der Waals surface area contributed by atoms with Crippen molar-refractivity contribution in [3.05, 3.63) is 191 Å². The van der Waals surface area contributed by atoms with E-state index in [1.807, 2.05) is 12.1 Å². The van der Waals surface area contributed by atoms with Crippen LogP contribution in [0, 0.1) is 22.7 Å². The Bertz CT molecular complexity index is 2350. The molecule has 4 aliphatic rings. The maximum atomic E-state index is 10.4. The molecule has 4 nitrogen and oxygen atoms in total. The van der Waals surface area contributed by atoms with E-state index in [1.165, 1.54) is 22.4 Å². The zero-order valence-electron chi connectivity index (χ0n) is 27.5. The Morgan fingerprint density at radius 1 is 0.600 bits per heavy atom. The van der Waals surface area contributed by atoms with Crippen LogP contribution in [-0.2, 0) is 13.1 Å². The lowest BCUT2D eigenvalue weighted by atomic mass is 9.81. The van der Waals surface area contributed by atoms with Gasteiger partial charge in [0.15, 0.2) is 0 Å². The molecule has 238 valence electrons. The number of nitrogens with zero attached hydrogens (tertiary/aromatic N) is 4. The van der Waals surface area contributed by atoms with E-state index in [9.17, 15) is 10.5 Å². The molecule has 0 radical (unpaired) electrons. The number of allylic oxidation sites excluding steroid dienone is 4. The molecule has 4 unspecified atom stereocenters. The highest BCUT2D eigenvalue weighted by Crippen LogP contribution is 2.45. The Morgan fingerprint density at radius 2 is 1.28 bits per heavy atom. The number of nitriles is 2. The third kappa shape index (κ3) is 4.89. The summed E-state index contributed by atoms with van der Waals surface area (Å²) in [5.74, 6) is 0.625. The second-order valence-corrected chi connectivity index (χ2v) is 13.5. The molecular weight excluding hydrogens is 609 g/mol. The van der Waals surface area contributed by atoms with Crippen molar-refractivity contribution in [2.45, 2.75) is 37.0 Å². The zero-order valence-corrected chi connectivity index (χ0v) is 27.5. The maximum Gasteiger partial charge on any atom is 0.101 e. The molecule has 0 bridgehead atoms. The number of para-hydroxylation sites is 1. The first-order valence-electron chi connectivity index (χ1n) is 17.3. The topological polar surface area (TPSA) is 54.1 Å². The van der Waals surface area contributed by atoms with Gasteiger partial charge in [-0.25, -0.2) is 0 Å². The van der Waals surface area contributed by atoms with Gasteiger partial charge in [0.25, 0.3) is 0 Å². The van der Waals surface area contributed by atoms with Gasteiger partial charge in [0.2, 0.25) is 0 Å². The van der Waals surface area contributed by atoms with Crippen molar-refractivity contribution in [1.82, 2.24) is 0 Å². The summed E-state index contributed by atoms with van der Waals surface area (Å²) in [5, 5.41) is 20.7. The van der Waals surface area contributed by atoms with Gasteiger partial charge in [0, 0.05) is 41.9 Å². The summed E-state index contributed by atoms with van der Waals surface area (Å²) in [6, 6.07) is 43.6. The standard InChI is InChI=1S/C46H34N4/c47-27-35-25-34(31-21-23-36(24-22-31)49-29-32-11-1-3-13-37(32)39-15-5-8-18-44(39)49)26-42(43(35)28-48)38-14-4-2-12-33(38)30-50-45-19-9-6-16-40(45)41-17-7-10-20-46(41)50/h1-26,39-40,44-45H,29-30H2. The average molecular weight is 643 g/mol. The third-order valence-corrected chi connectivity index (χ3v) is 10.8. The quantitative estimate of drug-likeness (QED) is 0.192. The van der Waals surface area contributed by atoms with E-state index in [0.717, 1.165) is 40.0 Å². The van der Waals surface area contributed by atoms with E-state index in [-0.39, 0.29) is 12.1 Å². The highest BCUT2D eigenvalue weighted by molar-refractivity contribution is 5.83. The van der Waals surface area contributed by atoms with E-state index in [0.29, 0.717) is 29.5 Å². The Balaban J connectivity index is 1.08. The second-order valence-electron chi connectivity index (χ2n) is 13.5. The van der Waals surface area contributed by atoms with Crippen LogP contribution >= 0.6 is 0 Å². The van der Waals surface area contributed by atoms with Crippen LogP contribution in [-0.4, -0.2) is 12.1 Å². The number of rotatable bonds is 5. The minimum Gasteiger partial charge on any atom is -0.360 e. The summed E-state index contributed by atoms with van der Waals surface area (Å²) in [5.41, 5.74) is 12.1. The van der Waals surface area contributed by atoms with Crippen LogP contribution in [0.25, 0.3) is 22.3 Å². The molecular formula is C46H34N4. The SMILES string of the molecule is N#Cc1cc(-c2ccc(N3Cc4ccccc4C4C=CC=CC43)cc2)cc(-c2ccccc2CN2c3ccccc3C3C=CC=CC32)c1C#N. The molecule has 2 aliphatic heterocycles. The molecule has 0 aromatic heterocycles. The molecule has 0 amide bonds. The van der Waals surface area contributed by atoms with Gasteiger partial charge >= 0.3 is 0 Å². The van der Waals surface area contributed by atoms with Crippen molar-refractivity contribution in [1.29, 1.82) is 10.5 Å². The molecule has 4 atom stereocenters. The van der Waals surface area contributed by atoms with Gasteiger partial charge in [-0.05, 0) is 69.3 Å². The third-order valence-electron chi connectivity index (χ3n) is 10.8. The van der Waals surface area contributed by atoms with Crippen LogP contribution in [0.5, 0.6) is 0 Å². The van der Waals surface area contributed by atoms with E-state index in [2.05, 4.69) is 168 Å². The van der Waals surface area contributed by atoms with Crippen LogP contribution in [0.4, 0.5) is 11.4 Å². The molecule has 5 aromatic carbocycles. The lowest BCUT2D eigenvalue weighted by Gasteiger charge is -2.42. The molecule has 4 heteroatoms. The number of hydrogen-bond acceptors (Lipinski definition) is 4. The van der Waals surface area contributed by atoms with Gasteiger partial charge in [-0.15, -0.1) is 0 Å². The summed E-state index contributed by atoms with van der Waals surface area (Å²) in [6.07, 6.45) is 17.8. The van der Waals surface area contributed by atoms with Crippen molar-refractivity contribution >= 4 is 11.4 Å². The van der Waals surface area contributed by atoms with E-state index < -0.39 is 0 Å². The first kappa shape index (κ1) is 29.8. The molecule has 0 fully saturated rings. The molecule has 0 N–H and O–H groups in total. The first-order chi connectivity index (χ1) is 24.7. The highest BCUT2D eigenvalue weighted by atomic mass is 15.2. The maximum absolute atomic E-state index is 10.4. The number of fused-ring (bicyclic) bond motifs is 6. The van der Waals surface area contributed by atoms with Gasteiger partial charge < -0.3 is 9.80 Å². The van der Waals surface area contributed by atoms with Crippen molar-refractivity contribution in [3.8, 4) is 34.4 Å². The smallest absolute Gasteiger partial charge is 0.101 e. The van der Waals surface area contributed by atoms with Crippen molar-refractivity contribution in [2.24, 2.45) is 0 Å². The summed E-state index contributed by atoms with van der Waals surface area (Å²) in [6.45, 7) is 1.53. The van der Waals surface area contributed by atoms with Crippen molar-refractivity contribution in [2.75, 3.05) is 9.80 Å². The normalized spacial score (nSPS) is 20.8. The molecule has 0 saturated carbocycles. The fourth-order valence-electron chi connectivity index (χ4n) is 8.48. The predicted molar refractivity (Wildman–Crippen MR) is 202 cm³/mol. The zero-order chi connectivity index (χ0) is 33.6. The van der Waals surface area contributed by atoms with Crippen molar-refractivity contribution in [3.63, 3.8) is 0 Å². The largest absolute Gasteiger partial charge is 0.360 e. The van der Waals surface area contributed by atoms with Crippen LogP contribution in [0.3, 0.4) is 0 Å². The van der Waals surface area contributed by atoms with Crippen LogP contribution in [0.15, 0.2) is 158 Å². The van der Waals surface area contributed by atoms with Crippen LogP contribution in [0.1, 0.15) is 45.2 Å². The Kier molecular flexibility index (Phi) is 7.30. The minimum atomic E-state index is 0.226. The van der Waals surface area contributed by atoms with E-state index >= 15 is 0 Å². The fourth-order valence-corrected chi connectivity index (χ4v) is 8.48.